The van der Waals surface area contributed by atoms with Crippen LogP contribution in [0.15, 0.2) is 59.5 Å². The lowest BCUT2D eigenvalue weighted by atomic mass is 10.1. The van der Waals surface area contributed by atoms with Gasteiger partial charge in [-0.2, -0.15) is 5.26 Å². The number of benzene rings is 2. The smallest absolute Gasteiger partial charge is 0.166 e. The number of amidine groups is 1. The van der Waals surface area contributed by atoms with E-state index in [0.29, 0.717) is 26.1 Å². The third kappa shape index (κ3) is 6.42. The van der Waals surface area contributed by atoms with E-state index in [1.165, 1.54) is 24.3 Å². The first kappa shape index (κ1) is 25.7. The number of hydrogen-bond donors (Lipinski definition) is 2. The van der Waals surface area contributed by atoms with E-state index >= 15 is 0 Å². The van der Waals surface area contributed by atoms with Gasteiger partial charge in [-0.25, -0.2) is 13.8 Å². The second-order valence-corrected chi connectivity index (χ2v) is 8.41. The number of nitrogens with zero attached hydrogens (tertiary/aromatic N) is 4. The average Bonchev–Trinajstić information content (AvgIpc) is 3.29. The molecule has 1 aliphatic heterocycles. The van der Waals surface area contributed by atoms with Gasteiger partial charge in [-0.1, -0.05) is 0 Å². The van der Waals surface area contributed by atoms with Gasteiger partial charge in [0.05, 0.1) is 30.0 Å². The number of halogens is 2. The van der Waals surface area contributed by atoms with Crippen LogP contribution in [0, 0.1) is 23.0 Å². The SMILES string of the molecule is Cn1cncc1COc1cc(F)cc(Oc2ccc(/C(N)=C(\C#N)C(N)=NC3CCOCC3)cc2F)c1. The van der Waals surface area contributed by atoms with Crippen molar-refractivity contribution in [1.29, 1.82) is 5.26 Å². The van der Waals surface area contributed by atoms with E-state index < -0.39 is 11.6 Å². The Labute approximate surface area is 212 Å². The first-order valence-corrected chi connectivity index (χ1v) is 11.5. The molecule has 1 aliphatic rings. The van der Waals surface area contributed by atoms with Gasteiger partial charge in [0.25, 0.3) is 0 Å². The highest BCUT2D eigenvalue weighted by molar-refractivity contribution is 6.07. The minimum absolute atomic E-state index is 0.00829. The molecule has 0 saturated carbocycles. The minimum atomic E-state index is -0.765. The summed E-state index contributed by atoms with van der Waals surface area (Å²) in [4.78, 5) is 8.39. The van der Waals surface area contributed by atoms with Crippen molar-refractivity contribution in [2.24, 2.45) is 23.5 Å². The maximum absolute atomic E-state index is 14.9. The molecule has 0 radical (unpaired) electrons. The molecule has 2 heterocycles. The molecule has 1 aromatic heterocycles. The molecule has 0 bridgehead atoms. The van der Waals surface area contributed by atoms with Crippen LogP contribution in [-0.4, -0.2) is 34.6 Å². The van der Waals surface area contributed by atoms with E-state index in [-0.39, 0.29) is 52.6 Å². The number of ether oxygens (including phenoxy) is 3. The number of nitriles is 1. The van der Waals surface area contributed by atoms with Gasteiger partial charge in [0, 0.05) is 44.0 Å². The monoisotopic (exact) mass is 508 g/mol. The van der Waals surface area contributed by atoms with Crippen LogP contribution in [0.5, 0.6) is 17.2 Å². The van der Waals surface area contributed by atoms with Crippen molar-refractivity contribution in [3.05, 3.63) is 77.4 Å². The lowest BCUT2D eigenvalue weighted by Crippen LogP contribution is -2.25. The molecule has 0 aliphatic carbocycles. The summed E-state index contributed by atoms with van der Waals surface area (Å²) in [7, 11) is 1.81. The zero-order valence-electron chi connectivity index (χ0n) is 20.2. The summed E-state index contributed by atoms with van der Waals surface area (Å²) >= 11 is 0. The van der Waals surface area contributed by atoms with Crippen LogP contribution in [0.4, 0.5) is 8.78 Å². The first-order chi connectivity index (χ1) is 17.8. The van der Waals surface area contributed by atoms with Gasteiger partial charge >= 0.3 is 0 Å². The number of aromatic nitrogens is 2. The standard InChI is InChI=1S/C26H26F2N6O3/c1-34-15-32-13-19(34)14-36-20-9-17(27)10-21(11-20)37-24-3-2-16(8-23(24)28)25(30)22(12-29)26(31)33-18-4-6-35-7-5-18/h2-3,8-11,13,15,18H,4-7,14,30H2,1H3,(H2,31,33)/b25-22-. The molecule has 9 nitrogen and oxygen atoms in total. The molecule has 1 fully saturated rings. The van der Waals surface area contributed by atoms with Gasteiger partial charge in [0.15, 0.2) is 11.6 Å². The minimum Gasteiger partial charge on any atom is -0.487 e. The zero-order chi connectivity index (χ0) is 26.4. The van der Waals surface area contributed by atoms with Gasteiger partial charge in [0.1, 0.15) is 41.4 Å². The highest BCUT2D eigenvalue weighted by atomic mass is 19.1. The average molecular weight is 509 g/mol. The molecule has 0 unspecified atom stereocenters. The van der Waals surface area contributed by atoms with Gasteiger partial charge < -0.3 is 30.2 Å². The molecular formula is C26H26F2N6O3. The Balaban J connectivity index is 1.51. The van der Waals surface area contributed by atoms with Gasteiger partial charge in [-0.3, -0.25) is 4.99 Å². The summed E-state index contributed by atoms with van der Waals surface area (Å²) < 4.78 is 47.4. The van der Waals surface area contributed by atoms with E-state index in [4.69, 9.17) is 25.7 Å². The quantitative estimate of drug-likeness (QED) is 0.269. The number of aliphatic imine (C=N–C) groups is 1. The summed E-state index contributed by atoms with van der Waals surface area (Å²) in [5.41, 5.74) is 13.1. The van der Waals surface area contributed by atoms with Crippen LogP contribution in [0.25, 0.3) is 5.70 Å². The largest absolute Gasteiger partial charge is 0.487 e. The lowest BCUT2D eigenvalue weighted by Gasteiger charge is -2.19. The Morgan fingerprint density at radius 3 is 2.62 bits per heavy atom. The molecular weight excluding hydrogens is 482 g/mol. The third-order valence-electron chi connectivity index (χ3n) is 5.77. The Bertz CT molecular complexity index is 1370. The molecule has 0 spiro atoms. The predicted octanol–water partition coefficient (Wildman–Crippen LogP) is 3.80. The van der Waals surface area contributed by atoms with E-state index in [0.717, 1.165) is 17.8 Å². The number of nitrogens with two attached hydrogens (primary N) is 2. The molecule has 37 heavy (non-hydrogen) atoms. The van der Waals surface area contributed by atoms with E-state index in [9.17, 15) is 14.0 Å². The molecule has 192 valence electrons. The highest BCUT2D eigenvalue weighted by Crippen LogP contribution is 2.30. The summed E-state index contributed by atoms with van der Waals surface area (Å²) in [5.74, 6) is -1.30. The molecule has 0 amide bonds. The van der Waals surface area contributed by atoms with Crippen LogP contribution in [0.2, 0.25) is 0 Å². The molecule has 2 aromatic carbocycles. The topological polar surface area (TPSA) is 134 Å². The Hall–Kier alpha value is -4.43. The van der Waals surface area contributed by atoms with Crippen molar-refractivity contribution in [1.82, 2.24) is 9.55 Å². The number of hydrogen-bond acceptors (Lipinski definition) is 7. The first-order valence-electron chi connectivity index (χ1n) is 11.5. The maximum atomic E-state index is 14.9. The number of aryl methyl sites for hydroxylation is 1. The van der Waals surface area contributed by atoms with Crippen LogP contribution in [-0.2, 0) is 18.4 Å². The van der Waals surface area contributed by atoms with Crippen LogP contribution in [0.3, 0.4) is 0 Å². The number of rotatable bonds is 8. The molecule has 1 saturated heterocycles. The van der Waals surface area contributed by atoms with Gasteiger partial charge in [0.2, 0.25) is 0 Å². The van der Waals surface area contributed by atoms with Crippen molar-refractivity contribution >= 4 is 11.5 Å². The highest BCUT2D eigenvalue weighted by Gasteiger charge is 2.17. The molecule has 0 atom stereocenters. The van der Waals surface area contributed by atoms with Crippen molar-refractivity contribution in [2.45, 2.75) is 25.5 Å². The van der Waals surface area contributed by atoms with Crippen molar-refractivity contribution in [3.8, 4) is 23.3 Å². The fraction of sp³-hybridized carbons (Fsp3) is 0.269. The summed E-state index contributed by atoms with van der Waals surface area (Å²) in [6, 6.07) is 9.57. The van der Waals surface area contributed by atoms with Crippen molar-refractivity contribution < 1.29 is 23.0 Å². The molecule has 11 heteroatoms. The molecule has 4 N–H and O–H groups in total. The van der Waals surface area contributed by atoms with E-state index in [1.807, 2.05) is 13.1 Å². The number of imidazole rings is 1. The Morgan fingerprint density at radius 1 is 1.19 bits per heavy atom. The predicted molar refractivity (Wildman–Crippen MR) is 133 cm³/mol. The summed E-state index contributed by atoms with van der Waals surface area (Å²) in [6.07, 6.45) is 4.64. The summed E-state index contributed by atoms with van der Waals surface area (Å²) in [6.45, 7) is 1.30. The van der Waals surface area contributed by atoms with E-state index in [1.54, 1.807) is 17.1 Å². The zero-order valence-corrected chi connectivity index (χ0v) is 20.2. The van der Waals surface area contributed by atoms with Gasteiger partial charge in [-0.15, -0.1) is 0 Å². The van der Waals surface area contributed by atoms with Crippen LogP contribution < -0.4 is 20.9 Å². The lowest BCUT2D eigenvalue weighted by molar-refractivity contribution is 0.0871. The second-order valence-electron chi connectivity index (χ2n) is 8.41. The van der Waals surface area contributed by atoms with Crippen LogP contribution in [0.1, 0.15) is 24.1 Å². The Morgan fingerprint density at radius 2 is 1.95 bits per heavy atom. The Kier molecular flexibility index (Phi) is 8.00. The third-order valence-corrected chi connectivity index (χ3v) is 5.77. The normalized spacial score (nSPS) is 15.1. The molecule has 4 rings (SSSR count). The molecule has 3 aromatic rings. The van der Waals surface area contributed by atoms with Crippen LogP contribution >= 0.6 is 0 Å². The second kappa shape index (κ2) is 11.5. The van der Waals surface area contributed by atoms with E-state index in [2.05, 4.69) is 9.98 Å². The fourth-order valence-corrected chi connectivity index (χ4v) is 3.71. The maximum Gasteiger partial charge on any atom is 0.166 e. The summed E-state index contributed by atoms with van der Waals surface area (Å²) in [5, 5.41) is 9.60. The van der Waals surface area contributed by atoms with Crippen molar-refractivity contribution in [3.63, 3.8) is 0 Å². The van der Waals surface area contributed by atoms with Gasteiger partial charge in [-0.05, 0) is 31.0 Å². The fourth-order valence-electron chi connectivity index (χ4n) is 3.71. The van der Waals surface area contributed by atoms with Crippen molar-refractivity contribution in [2.75, 3.05) is 13.2 Å².